The summed E-state index contributed by atoms with van der Waals surface area (Å²) in [5, 5.41) is 4.07. The number of ether oxygens (including phenoxy) is 2. The molecule has 1 aliphatic rings. The SMILES string of the molecule is CCOCC1CCCCN1C(=O)COCc1ccnn1C. The number of nitrogens with zero attached hydrogens (tertiary/aromatic N) is 3. The number of hydrogen-bond acceptors (Lipinski definition) is 4. The highest BCUT2D eigenvalue weighted by Crippen LogP contribution is 2.17. The minimum Gasteiger partial charge on any atom is -0.380 e. The molecule has 0 aliphatic carbocycles. The standard InChI is InChI=1S/C15H25N3O3/c1-3-20-11-14-6-4-5-9-18(14)15(19)12-21-10-13-7-8-16-17(13)2/h7-8,14H,3-6,9-12H2,1-2H3. The van der Waals surface area contributed by atoms with Crippen molar-refractivity contribution in [2.45, 2.75) is 38.8 Å². The lowest BCUT2D eigenvalue weighted by Crippen LogP contribution is -2.47. The Morgan fingerprint density at radius 1 is 1.43 bits per heavy atom. The number of aromatic nitrogens is 2. The van der Waals surface area contributed by atoms with E-state index in [-0.39, 0.29) is 18.6 Å². The first-order valence-electron chi connectivity index (χ1n) is 7.64. The van der Waals surface area contributed by atoms with Crippen molar-refractivity contribution in [1.29, 1.82) is 0 Å². The highest BCUT2D eigenvalue weighted by atomic mass is 16.5. The molecule has 1 aromatic heterocycles. The van der Waals surface area contributed by atoms with Gasteiger partial charge in [0.1, 0.15) is 6.61 Å². The molecule has 0 spiro atoms. The van der Waals surface area contributed by atoms with Crippen LogP contribution in [0.5, 0.6) is 0 Å². The van der Waals surface area contributed by atoms with Gasteiger partial charge in [-0.15, -0.1) is 0 Å². The molecule has 1 fully saturated rings. The van der Waals surface area contributed by atoms with Gasteiger partial charge in [0.2, 0.25) is 5.91 Å². The predicted molar refractivity (Wildman–Crippen MR) is 78.7 cm³/mol. The smallest absolute Gasteiger partial charge is 0.248 e. The molecule has 1 atom stereocenters. The summed E-state index contributed by atoms with van der Waals surface area (Å²) in [6.07, 6.45) is 4.98. The maximum absolute atomic E-state index is 12.3. The predicted octanol–water partition coefficient (Wildman–Crippen LogP) is 1.35. The second-order valence-electron chi connectivity index (χ2n) is 5.34. The van der Waals surface area contributed by atoms with Gasteiger partial charge in [0.25, 0.3) is 0 Å². The molecule has 1 unspecified atom stereocenters. The summed E-state index contributed by atoms with van der Waals surface area (Å²) in [6.45, 7) is 4.64. The van der Waals surface area contributed by atoms with Gasteiger partial charge in [0, 0.05) is 26.4 Å². The van der Waals surface area contributed by atoms with Crippen LogP contribution in [0.15, 0.2) is 12.3 Å². The Balaban J connectivity index is 1.79. The molecule has 1 saturated heterocycles. The van der Waals surface area contributed by atoms with Crippen LogP contribution in [-0.4, -0.2) is 53.0 Å². The van der Waals surface area contributed by atoms with Crippen LogP contribution in [0.4, 0.5) is 0 Å². The lowest BCUT2D eigenvalue weighted by atomic mass is 10.0. The van der Waals surface area contributed by atoms with Crippen LogP contribution in [0.2, 0.25) is 0 Å². The Hall–Kier alpha value is -1.40. The molecule has 2 rings (SSSR count). The van der Waals surface area contributed by atoms with Crippen LogP contribution in [0.3, 0.4) is 0 Å². The van der Waals surface area contributed by atoms with Gasteiger partial charge in [0.15, 0.2) is 0 Å². The Bertz CT molecular complexity index is 447. The molecule has 1 aromatic rings. The van der Waals surface area contributed by atoms with Crippen LogP contribution in [0, 0.1) is 0 Å². The van der Waals surface area contributed by atoms with Gasteiger partial charge in [-0.25, -0.2) is 0 Å². The van der Waals surface area contributed by atoms with E-state index in [1.165, 1.54) is 0 Å². The molecular weight excluding hydrogens is 270 g/mol. The van der Waals surface area contributed by atoms with E-state index in [4.69, 9.17) is 9.47 Å². The third-order valence-corrected chi connectivity index (χ3v) is 3.86. The van der Waals surface area contributed by atoms with Crippen molar-refractivity contribution in [1.82, 2.24) is 14.7 Å². The van der Waals surface area contributed by atoms with Crippen molar-refractivity contribution in [2.24, 2.45) is 7.05 Å². The van der Waals surface area contributed by atoms with Gasteiger partial charge >= 0.3 is 0 Å². The number of piperidine rings is 1. The monoisotopic (exact) mass is 295 g/mol. The summed E-state index contributed by atoms with van der Waals surface area (Å²) < 4.78 is 12.8. The minimum atomic E-state index is 0.0570. The van der Waals surface area contributed by atoms with Crippen LogP contribution >= 0.6 is 0 Å². The summed E-state index contributed by atoms with van der Waals surface area (Å²) in [7, 11) is 1.86. The van der Waals surface area contributed by atoms with E-state index in [1.54, 1.807) is 10.9 Å². The molecule has 21 heavy (non-hydrogen) atoms. The summed E-state index contributed by atoms with van der Waals surface area (Å²) >= 11 is 0. The van der Waals surface area contributed by atoms with E-state index in [0.29, 0.717) is 19.8 Å². The van der Waals surface area contributed by atoms with Crippen molar-refractivity contribution in [2.75, 3.05) is 26.4 Å². The zero-order chi connectivity index (χ0) is 15.1. The molecule has 0 radical (unpaired) electrons. The van der Waals surface area contributed by atoms with E-state index in [2.05, 4.69) is 5.10 Å². The van der Waals surface area contributed by atoms with Crippen LogP contribution in [0.25, 0.3) is 0 Å². The van der Waals surface area contributed by atoms with Crippen LogP contribution in [0.1, 0.15) is 31.9 Å². The number of rotatable bonds is 7. The fourth-order valence-corrected chi connectivity index (χ4v) is 2.62. The zero-order valence-corrected chi connectivity index (χ0v) is 13.0. The van der Waals surface area contributed by atoms with Crippen molar-refractivity contribution >= 4 is 5.91 Å². The topological polar surface area (TPSA) is 56.6 Å². The maximum Gasteiger partial charge on any atom is 0.248 e. The normalized spacial score (nSPS) is 19.0. The zero-order valence-electron chi connectivity index (χ0n) is 13.0. The number of likely N-dealkylation sites (tertiary alicyclic amines) is 1. The van der Waals surface area contributed by atoms with Gasteiger partial charge in [-0.1, -0.05) is 0 Å². The van der Waals surface area contributed by atoms with E-state index >= 15 is 0 Å². The minimum absolute atomic E-state index is 0.0570. The number of hydrogen-bond donors (Lipinski definition) is 0. The molecule has 118 valence electrons. The highest BCUT2D eigenvalue weighted by Gasteiger charge is 2.26. The second-order valence-corrected chi connectivity index (χ2v) is 5.34. The third-order valence-electron chi connectivity index (χ3n) is 3.86. The number of amides is 1. The molecule has 0 bridgehead atoms. The van der Waals surface area contributed by atoms with E-state index < -0.39 is 0 Å². The average molecular weight is 295 g/mol. The molecular formula is C15H25N3O3. The van der Waals surface area contributed by atoms with Crippen LogP contribution < -0.4 is 0 Å². The van der Waals surface area contributed by atoms with Crippen LogP contribution in [-0.2, 0) is 27.9 Å². The van der Waals surface area contributed by atoms with E-state index in [1.807, 2.05) is 24.9 Å². The Morgan fingerprint density at radius 2 is 2.29 bits per heavy atom. The van der Waals surface area contributed by atoms with Crippen molar-refractivity contribution < 1.29 is 14.3 Å². The third kappa shape index (κ3) is 4.54. The van der Waals surface area contributed by atoms with Crippen molar-refractivity contribution in [3.63, 3.8) is 0 Å². The van der Waals surface area contributed by atoms with E-state index in [9.17, 15) is 4.79 Å². The van der Waals surface area contributed by atoms with Crippen molar-refractivity contribution in [3.8, 4) is 0 Å². The van der Waals surface area contributed by atoms with Gasteiger partial charge in [0.05, 0.1) is 24.9 Å². The number of carbonyl (C=O) groups is 1. The molecule has 6 nitrogen and oxygen atoms in total. The highest BCUT2D eigenvalue weighted by molar-refractivity contribution is 5.77. The fraction of sp³-hybridized carbons (Fsp3) is 0.733. The Labute approximate surface area is 126 Å². The molecule has 0 aromatic carbocycles. The fourth-order valence-electron chi connectivity index (χ4n) is 2.62. The second kappa shape index (κ2) is 8.14. The number of aryl methyl sites for hydroxylation is 1. The molecule has 0 saturated carbocycles. The molecule has 2 heterocycles. The molecule has 0 N–H and O–H groups in total. The summed E-state index contributed by atoms with van der Waals surface area (Å²) in [5.74, 6) is 0.0570. The lowest BCUT2D eigenvalue weighted by Gasteiger charge is -2.35. The lowest BCUT2D eigenvalue weighted by molar-refractivity contribution is -0.142. The summed E-state index contributed by atoms with van der Waals surface area (Å²) in [6, 6.07) is 2.09. The molecule has 1 aliphatic heterocycles. The number of carbonyl (C=O) groups excluding carboxylic acids is 1. The van der Waals surface area contributed by atoms with Gasteiger partial charge in [-0.3, -0.25) is 9.48 Å². The maximum atomic E-state index is 12.3. The first kappa shape index (κ1) is 16.0. The van der Waals surface area contributed by atoms with Gasteiger partial charge in [-0.05, 0) is 32.3 Å². The molecule has 6 heteroatoms. The largest absolute Gasteiger partial charge is 0.380 e. The summed E-state index contributed by atoms with van der Waals surface area (Å²) in [4.78, 5) is 14.2. The quantitative estimate of drug-likeness (QED) is 0.762. The average Bonchev–Trinajstić information content (AvgIpc) is 2.91. The van der Waals surface area contributed by atoms with Gasteiger partial charge < -0.3 is 14.4 Å². The van der Waals surface area contributed by atoms with Gasteiger partial charge in [-0.2, -0.15) is 5.10 Å². The summed E-state index contributed by atoms with van der Waals surface area (Å²) in [5.41, 5.74) is 0.965. The van der Waals surface area contributed by atoms with E-state index in [0.717, 1.165) is 31.5 Å². The Kier molecular flexibility index (Phi) is 6.20. The first-order valence-corrected chi connectivity index (χ1v) is 7.64. The van der Waals surface area contributed by atoms with Crippen molar-refractivity contribution in [3.05, 3.63) is 18.0 Å². The first-order chi connectivity index (χ1) is 10.2. The molecule has 1 amide bonds. The Morgan fingerprint density at radius 3 is 3.00 bits per heavy atom.